The van der Waals surface area contributed by atoms with Crippen LogP contribution in [0.1, 0.15) is 60.7 Å². The lowest BCUT2D eigenvalue weighted by atomic mass is 9.54. The summed E-state index contributed by atoms with van der Waals surface area (Å²) in [5.41, 5.74) is 1.57. The largest absolute Gasteiger partial charge is 0.461 e. The predicted molar refractivity (Wildman–Crippen MR) is 120 cm³/mol. The molecule has 1 aromatic carbocycles. The van der Waals surface area contributed by atoms with Gasteiger partial charge in [-0.1, -0.05) is 32.9 Å². The fraction of sp³-hybridized carbons (Fsp3) is 0.583. The first-order chi connectivity index (χ1) is 15.1. The maximum absolute atomic E-state index is 13.1. The number of benzene rings is 1. The number of hydrogen-bond acceptors (Lipinski definition) is 6. The molecule has 1 aromatic heterocycles. The normalized spacial score (nSPS) is 33.9. The van der Waals surface area contributed by atoms with Crippen LogP contribution in [0.15, 0.2) is 24.3 Å². The van der Waals surface area contributed by atoms with Gasteiger partial charge in [0, 0.05) is 22.6 Å². The number of rotatable bonds is 4. The van der Waals surface area contributed by atoms with Gasteiger partial charge in [-0.15, -0.1) is 11.3 Å². The Morgan fingerprint density at radius 3 is 2.62 bits per heavy atom. The summed E-state index contributed by atoms with van der Waals surface area (Å²) >= 11 is 1.50. The Kier molecular flexibility index (Phi) is 5.24. The minimum atomic E-state index is -3.43. The quantitative estimate of drug-likeness (QED) is 0.600. The van der Waals surface area contributed by atoms with E-state index in [0.717, 1.165) is 25.0 Å². The summed E-state index contributed by atoms with van der Waals surface area (Å²) in [5.74, 6) is -0.202. The molecule has 2 aromatic rings. The van der Waals surface area contributed by atoms with Crippen LogP contribution < -0.4 is 0 Å². The molecule has 6 atom stereocenters. The third-order valence-corrected chi connectivity index (χ3v) is 10.6. The molecule has 8 heteroatoms. The first-order valence-corrected chi connectivity index (χ1v) is 13.8. The zero-order chi connectivity index (χ0) is 22.8. The van der Waals surface area contributed by atoms with Crippen LogP contribution in [-0.4, -0.2) is 25.5 Å². The Labute approximate surface area is 192 Å². The molecule has 6 unspecified atom stereocenters. The Balaban J connectivity index is 1.39. The number of hydrogen-bond donors (Lipinski definition) is 0. The Hall–Kier alpha value is -1.80. The number of nitrogens with zero attached hydrogens (tertiary/aromatic N) is 1. The molecular weight excluding hydrogens is 449 g/mol. The molecule has 32 heavy (non-hydrogen) atoms. The van der Waals surface area contributed by atoms with E-state index in [-0.39, 0.29) is 58.5 Å². The van der Waals surface area contributed by atoms with Gasteiger partial charge in [-0.05, 0) is 42.4 Å². The maximum Gasteiger partial charge on any atom is 0.309 e. The summed E-state index contributed by atoms with van der Waals surface area (Å²) in [6.45, 7) is 6.41. The van der Waals surface area contributed by atoms with Gasteiger partial charge in [-0.2, -0.15) is 0 Å². The first kappa shape index (κ1) is 22.0. The smallest absolute Gasteiger partial charge is 0.309 e. The monoisotopic (exact) mass is 477 g/mol. The number of fused-ring (bicyclic) bond motifs is 4. The Morgan fingerprint density at radius 2 is 1.91 bits per heavy atom. The van der Waals surface area contributed by atoms with Crippen molar-refractivity contribution in [2.45, 2.75) is 63.6 Å². The minimum absolute atomic E-state index is 0.0225. The van der Waals surface area contributed by atoms with Crippen molar-refractivity contribution in [2.24, 2.45) is 23.2 Å². The molecule has 172 valence electrons. The van der Waals surface area contributed by atoms with Crippen molar-refractivity contribution in [3.8, 4) is 0 Å². The number of esters is 1. The second-order valence-electron chi connectivity index (χ2n) is 10.1. The highest BCUT2D eigenvalue weighted by Crippen LogP contribution is 2.59. The second kappa shape index (κ2) is 7.62. The molecule has 0 bridgehead atoms. The van der Waals surface area contributed by atoms with Gasteiger partial charge < -0.3 is 4.74 Å². The molecule has 5 nitrogen and oxygen atoms in total. The molecule has 0 amide bonds. The van der Waals surface area contributed by atoms with Crippen molar-refractivity contribution in [3.05, 3.63) is 51.2 Å². The van der Waals surface area contributed by atoms with Gasteiger partial charge in [0.1, 0.15) is 22.7 Å². The molecular formula is C24H28FNO4S2. The number of carbonyl (C=O) groups excluding carboxylic acids is 1. The molecule has 2 aliphatic carbocycles. The maximum atomic E-state index is 13.1. The van der Waals surface area contributed by atoms with E-state index in [9.17, 15) is 17.6 Å². The highest BCUT2D eigenvalue weighted by atomic mass is 32.2. The molecule has 3 aliphatic rings. The molecule has 2 fully saturated rings. The second-order valence-corrected chi connectivity index (χ2v) is 13.3. The molecule has 1 saturated heterocycles. The summed E-state index contributed by atoms with van der Waals surface area (Å²) in [5, 5.41) is 0.611. The van der Waals surface area contributed by atoms with E-state index in [1.807, 2.05) is 6.92 Å². The average molecular weight is 478 g/mol. The standard InChI is InChI=1S/C24H28FNO4S2/c1-13-17-8-9-24(3)10-18-21(14(2)20(24)22(17)30-23(13)27)26-19(31-18)12-32(28,29)11-15-4-6-16(25)7-5-15/h4-7,13-14,17,20,22H,8-12H2,1-3H3. The fourth-order valence-corrected chi connectivity index (χ4v) is 9.45. The molecule has 0 spiro atoms. The fourth-order valence-electron chi connectivity index (χ4n) is 6.26. The molecule has 0 N–H and O–H groups in total. The lowest BCUT2D eigenvalue weighted by Gasteiger charge is -2.51. The third kappa shape index (κ3) is 3.69. The van der Waals surface area contributed by atoms with E-state index in [2.05, 4.69) is 13.8 Å². The van der Waals surface area contributed by atoms with Gasteiger partial charge in [0.05, 0.1) is 17.4 Å². The Bertz CT molecular complexity index is 1160. The number of carbonyl (C=O) groups is 1. The van der Waals surface area contributed by atoms with Crippen molar-refractivity contribution in [1.82, 2.24) is 4.98 Å². The van der Waals surface area contributed by atoms with Crippen molar-refractivity contribution >= 4 is 27.1 Å². The topological polar surface area (TPSA) is 73.3 Å². The van der Waals surface area contributed by atoms with Gasteiger partial charge in [-0.25, -0.2) is 17.8 Å². The Morgan fingerprint density at radius 1 is 1.19 bits per heavy atom. The summed E-state index contributed by atoms with van der Waals surface area (Å²) < 4.78 is 44.6. The number of aromatic nitrogens is 1. The first-order valence-electron chi connectivity index (χ1n) is 11.2. The van der Waals surface area contributed by atoms with Gasteiger partial charge in [0.15, 0.2) is 9.84 Å². The summed E-state index contributed by atoms with van der Waals surface area (Å²) in [7, 11) is -3.43. The van der Waals surface area contributed by atoms with Crippen molar-refractivity contribution in [3.63, 3.8) is 0 Å². The molecule has 5 rings (SSSR count). The van der Waals surface area contributed by atoms with Crippen LogP contribution in [0.5, 0.6) is 0 Å². The molecule has 1 aliphatic heterocycles. The predicted octanol–water partition coefficient (Wildman–Crippen LogP) is 4.65. The van der Waals surface area contributed by atoms with Crippen LogP contribution in [0, 0.1) is 29.0 Å². The average Bonchev–Trinajstić information content (AvgIpc) is 3.22. The lowest BCUT2D eigenvalue weighted by Crippen LogP contribution is -2.50. The van der Waals surface area contributed by atoms with Crippen LogP contribution in [0.2, 0.25) is 0 Å². The van der Waals surface area contributed by atoms with Gasteiger partial charge in [0.2, 0.25) is 0 Å². The summed E-state index contributed by atoms with van der Waals surface area (Å²) in [6.07, 6.45) is 2.80. The van der Waals surface area contributed by atoms with Crippen molar-refractivity contribution < 1.29 is 22.3 Å². The summed E-state index contributed by atoms with van der Waals surface area (Å²) in [6, 6.07) is 5.57. The van der Waals surface area contributed by atoms with E-state index < -0.39 is 9.84 Å². The van der Waals surface area contributed by atoms with Crippen molar-refractivity contribution in [1.29, 1.82) is 0 Å². The zero-order valence-electron chi connectivity index (χ0n) is 18.5. The number of thiazole rings is 1. The number of halogens is 1. The van der Waals surface area contributed by atoms with E-state index in [1.165, 1.54) is 40.5 Å². The minimum Gasteiger partial charge on any atom is -0.461 e. The highest BCUT2D eigenvalue weighted by molar-refractivity contribution is 7.90. The van der Waals surface area contributed by atoms with E-state index >= 15 is 0 Å². The van der Waals surface area contributed by atoms with Crippen LogP contribution in [-0.2, 0) is 37.3 Å². The number of sulfone groups is 1. The van der Waals surface area contributed by atoms with E-state index in [0.29, 0.717) is 10.6 Å². The van der Waals surface area contributed by atoms with Crippen LogP contribution in [0.3, 0.4) is 0 Å². The van der Waals surface area contributed by atoms with E-state index in [4.69, 9.17) is 9.72 Å². The van der Waals surface area contributed by atoms with Crippen molar-refractivity contribution in [2.75, 3.05) is 0 Å². The highest BCUT2D eigenvalue weighted by Gasteiger charge is 2.58. The van der Waals surface area contributed by atoms with Crippen LogP contribution >= 0.6 is 11.3 Å². The van der Waals surface area contributed by atoms with Crippen LogP contribution in [0.25, 0.3) is 0 Å². The van der Waals surface area contributed by atoms with Crippen LogP contribution in [0.4, 0.5) is 4.39 Å². The molecule has 0 radical (unpaired) electrons. The van der Waals surface area contributed by atoms with E-state index in [1.54, 1.807) is 0 Å². The lowest BCUT2D eigenvalue weighted by molar-refractivity contribution is -0.149. The van der Waals surface area contributed by atoms with Gasteiger partial charge in [-0.3, -0.25) is 4.79 Å². The third-order valence-electron chi connectivity index (χ3n) is 7.85. The summed E-state index contributed by atoms with van der Waals surface area (Å²) in [4.78, 5) is 18.2. The van der Waals surface area contributed by atoms with Gasteiger partial charge >= 0.3 is 5.97 Å². The SMILES string of the molecule is CC1C(=O)OC2C1CCC1(C)Cc3sc(CS(=O)(=O)Cc4ccc(F)cc4)nc3C(C)C21. The zero-order valence-corrected chi connectivity index (χ0v) is 20.1. The number of ether oxygens (including phenoxy) is 1. The molecule has 1 saturated carbocycles. The van der Waals surface area contributed by atoms with Gasteiger partial charge in [0.25, 0.3) is 0 Å². The molecule has 2 heterocycles.